The zero-order valence-corrected chi connectivity index (χ0v) is 19.7. The zero-order valence-electron chi connectivity index (χ0n) is 18.9. The molecule has 0 unspecified atom stereocenters. The van der Waals surface area contributed by atoms with Gasteiger partial charge in [-0.05, 0) is 44.7 Å². The molecule has 10 heteroatoms. The van der Waals surface area contributed by atoms with Gasteiger partial charge < -0.3 is 19.8 Å². The molecule has 4 amide bonds. The second-order valence-corrected chi connectivity index (χ2v) is 9.35. The molecular formula is C23H27N3O6S. The van der Waals surface area contributed by atoms with E-state index in [9.17, 15) is 19.2 Å². The van der Waals surface area contributed by atoms with Gasteiger partial charge in [0.25, 0.3) is 5.91 Å². The van der Waals surface area contributed by atoms with Crippen LogP contribution in [-0.4, -0.2) is 47.4 Å². The highest BCUT2D eigenvalue weighted by Crippen LogP contribution is 2.39. The van der Waals surface area contributed by atoms with Crippen molar-refractivity contribution in [2.45, 2.75) is 52.0 Å². The fourth-order valence-electron chi connectivity index (χ4n) is 4.57. The molecule has 3 heterocycles. The molecule has 0 radical (unpaired) electrons. The SMILES string of the molecule is CCOC(=O)c1c(-c2ccc(C)o2)csc1NC(=O)CN1C(=O)N[C@@]2(CCCC[C@H]2C)C1=O. The summed E-state index contributed by atoms with van der Waals surface area (Å²) in [5.41, 5.74) is -0.246. The van der Waals surface area contributed by atoms with Crippen LogP contribution in [0.2, 0.25) is 0 Å². The van der Waals surface area contributed by atoms with Gasteiger partial charge in [0.1, 0.15) is 34.2 Å². The molecule has 1 spiro atoms. The number of rotatable bonds is 6. The maximum absolute atomic E-state index is 13.1. The number of aryl methyl sites for hydroxylation is 1. The largest absolute Gasteiger partial charge is 0.462 e. The van der Waals surface area contributed by atoms with E-state index >= 15 is 0 Å². The van der Waals surface area contributed by atoms with Crippen molar-refractivity contribution >= 4 is 40.2 Å². The molecular weight excluding hydrogens is 446 g/mol. The van der Waals surface area contributed by atoms with Crippen LogP contribution in [0, 0.1) is 12.8 Å². The molecule has 2 aliphatic rings. The lowest BCUT2D eigenvalue weighted by molar-refractivity contribution is -0.136. The molecule has 1 saturated carbocycles. The van der Waals surface area contributed by atoms with Crippen LogP contribution >= 0.6 is 11.3 Å². The number of furan rings is 1. The number of amides is 4. The standard InChI is InChI=1S/C23H27N3O6S/c1-4-31-20(28)18-15(16-9-8-14(3)32-16)12-33-19(18)24-17(27)11-26-21(29)23(25-22(26)30)10-6-5-7-13(23)2/h8-9,12-13H,4-7,10-11H2,1-3H3,(H,24,27)(H,25,30)/t13-,23-/m1/s1. The molecule has 0 aromatic carbocycles. The number of hydrogen-bond donors (Lipinski definition) is 2. The second-order valence-electron chi connectivity index (χ2n) is 8.47. The molecule has 2 aromatic rings. The third-order valence-corrected chi connectivity index (χ3v) is 7.23. The van der Waals surface area contributed by atoms with Crippen molar-refractivity contribution in [2.75, 3.05) is 18.5 Å². The summed E-state index contributed by atoms with van der Waals surface area (Å²) in [6.45, 7) is 5.17. The van der Waals surface area contributed by atoms with Gasteiger partial charge in [-0.15, -0.1) is 11.3 Å². The molecule has 1 aliphatic carbocycles. The van der Waals surface area contributed by atoms with E-state index in [4.69, 9.17) is 9.15 Å². The van der Waals surface area contributed by atoms with Crippen molar-refractivity contribution in [1.29, 1.82) is 0 Å². The molecule has 176 valence electrons. The Kier molecular flexibility index (Phi) is 6.29. The Labute approximate surface area is 195 Å². The number of imide groups is 1. The highest BCUT2D eigenvalue weighted by molar-refractivity contribution is 7.15. The number of nitrogens with one attached hydrogen (secondary N) is 2. The number of carbonyl (C=O) groups excluding carboxylic acids is 4. The summed E-state index contributed by atoms with van der Waals surface area (Å²) in [5, 5.41) is 7.49. The van der Waals surface area contributed by atoms with Gasteiger partial charge in [0, 0.05) is 10.9 Å². The normalized spacial score (nSPS) is 22.5. The minimum absolute atomic E-state index is 0.00258. The topological polar surface area (TPSA) is 118 Å². The molecule has 2 atom stereocenters. The van der Waals surface area contributed by atoms with Gasteiger partial charge in [-0.3, -0.25) is 14.5 Å². The van der Waals surface area contributed by atoms with E-state index in [2.05, 4.69) is 10.6 Å². The summed E-state index contributed by atoms with van der Waals surface area (Å²) in [7, 11) is 0. The Morgan fingerprint density at radius 3 is 2.79 bits per heavy atom. The molecule has 2 aromatic heterocycles. The van der Waals surface area contributed by atoms with Gasteiger partial charge in [0.2, 0.25) is 5.91 Å². The molecule has 2 N–H and O–H groups in total. The number of esters is 1. The van der Waals surface area contributed by atoms with E-state index < -0.39 is 30.0 Å². The zero-order chi connectivity index (χ0) is 23.8. The van der Waals surface area contributed by atoms with Gasteiger partial charge in [0.05, 0.1) is 6.61 Å². The van der Waals surface area contributed by atoms with Gasteiger partial charge in [-0.2, -0.15) is 0 Å². The first-order chi connectivity index (χ1) is 15.8. The van der Waals surface area contributed by atoms with Crippen molar-refractivity contribution in [2.24, 2.45) is 5.92 Å². The van der Waals surface area contributed by atoms with Gasteiger partial charge in [-0.1, -0.05) is 19.8 Å². The molecule has 1 saturated heterocycles. The predicted octanol–water partition coefficient (Wildman–Crippen LogP) is 3.93. The summed E-state index contributed by atoms with van der Waals surface area (Å²) < 4.78 is 10.8. The highest BCUT2D eigenvalue weighted by Gasteiger charge is 2.55. The minimum atomic E-state index is -0.932. The molecule has 1 aliphatic heterocycles. The van der Waals surface area contributed by atoms with Gasteiger partial charge in [-0.25, -0.2) is 9.59 Å². The maximum Gasteiger partial charge on any atom is 0.341 e. The maximum atomic E-state index is 13.1. The van der Waals surface area contributed by atoms with Crippen molar-refractivity contribution in [3.8, 4) is 11.3 Å². The van der Waals surface area contributed by atoms with E-state index in [-0.39, 0.29) is 29.0 Å². The van der Waals surface area contributed by atoms with E-state index in [0.717, 1.165) is 35.5 Å². The summed E-state index contributed by atoms with van der Waals surface area (Å²) in [5.74, 6) is -0.367. The van der Waals surface area contributed by atoms with Crippen LogP contribution in [0.25, 0.3) is 11.3 Å². The lowest BCUT2D eigenvalue weighted by Crippen LogP contribution is -2.54. The average molecular weight is 474 g/mol. The smallest absolute Gasteiger partial charge is 0.341 e. The van der Waals surface area contributed by atoms with Crippen molar-refractivity contribution in [3.63, 3.8) is 0 Å². The second kappa shape index (κ2) is 9.01. The number of thiophene rings is 1. The van der Waals surface area contributed by atoms with Crippen LogP contribution in [0.5, 0.6) is 0 Å². The number of carbonyl (C=O) groups is 4. The summed E-state index contributed by atoms with van der Waals surface area (Å²) in [4.78, 5) is 52.2. The monoisotopic (exact) mass is 473 g/mol. The van der Waals surface area contributed by atoms with Crippen LogP contribution in [0.15, 0.2) is 21.9 Å². The number of nitrogens with zero attached hydrogens (tertiary/aromatic N) is 1. The lowest BCUT2D eigenvalue weighted by Gasteiger charge is -2.36. The molecule has 9 nitrogen and oxygen atoms in total. The van der Waals surface area contributed by atoms with E-state index in [1.165, 1.54) is 0 Å². The first kappa shape index (κ1) is 23.0. The van der Waals surface area contributed by atoms with Crippen molar-refractivity contribution < 1.29 is 28.3 Å². The lowest BCUT2D eigenvalue weighted by atomic mass is 9.73. The predicted molar refractivity (Wildman–Crippen MR) is 122 cm³/mol. The fourth-order valence-corrected chi connectivity index (χ4v) is 5.52. The minimum Gasteiger partial charge on any atom is -0.462 e. The van der Waals surface area contributed by atoms with Gasteiger partial charge >= 0.3 is 12.0 Å². The highest BCUT2D eigenvalue weighted by atomic mass is 32.1. The Balaban J connectivity index is 1.54. The van der Waals surface area contributed by atoms with Crippen molar-refractivity contribution in [1.82, 2.24) is 10.2 Å². The average Bonchev–Trinajstić information content (AvgIpc) is 3.44. The number of anilines is 1. The van der Waals surface area contributed by atoms with Gasteiger partial charge in [0.15, 0.2) is 0 Å². The Morgan fingerprint density at radius 1 is 1.33 bits per heavy atom. The number of urea groups is 1. The Hall–Kier alpha value is -3.14. The molecule has 0 bridgehead atoms. The van der Waals surface area contributed by atoms with E-state index in [0.29, 0.717) is 23.5 Å². The summed E-state index contributed by atoms with van der Waals surface area (Å²) >= 11 is 1.15. The van der Waals surface area contributed by atoms with E-state index in [1.54, 1.807) is 31.4 Å². The first-order valence-corrected chi connectivity index (χ1v) is 11.9. The summed E-state index contributed by atoms with van der Waals surface area (Å²) in [6, 6.07) is 2.95. The van der Waals surface area contributed by atoms with Crippen LogP contribution in [0.4, 0.5) is 9.80 Å². The molecule has 4 rings (SSSR count). The van der Waals surface area contributed by atoms with Crippen LogP contribution in [-0.2, 0) is 14.3 Å². The van der Waals surface area contributed by atoms with Crippen LogP contribution in [0.3, 0.4) is 0 Å². The third-order valence-electron chi connectivity index (χ3n) is 6.33. The van der Waals surface area contributed by atoms with Crippen LogP contribution < -0.4 is 10.6 Å². The Bertz CT molecular complexity index is 1110. The summed E-state index contributed by atoms with van der Waals surface area (Å²) in [6.07, 6.45) is 3.28. The molecule has 2 fully saturated rings. The van der Waals surface area contributed by atoms with Crippen molar-refractivity contribution in [3.05, 3.63) is 28.8 Å². The third kappa shape index (κ3) is 4.15. The Morgan fingerprint density at radius 2 is 2.12 bits per heavy atom. The first-order valence-electron chi connectivity index (χ1n) is 11.1. The van der Waals surface area contributed by atoms with E-state index in [1.807, 2.05) is 6.92 Å². The molecule has 33 heavy (non-hydrogen) atoms. The van der Waals surface area contributed by atoms with Crippen LogP contribution in [0.1, 0.15) is 55.6 Å². The number of ether oxygens (including phenoxy) is 1. The fraction of sp³-hybridized carbons (Fsp3) is 0.478. The number of hydrogen-bond acceptors (Lipinski definition) is 7. The quantitative estimate of drug-likeness (QED) is 0.485.